The summed E-state index contributed by atoms with van der Waals surface area (Å²) < 4.78 is 11.8. The second-order valence-electron chi connectivity index (χ2n) is 6.52. The lowest BCUT2D eigenvalue weighted by molar-refractivity contribution is 0.268. The first-order valence-corrected chi connectivity index (χ1v) is 10.4. The lowest BCUT2D eigenvalue weighted by atomic mass is 10.1. The normalized spacial score (nSPS) is 10.7. The zero-order chi connectivity index (χ0) is 20.8. The van der Waals surface area contributed by atoms with Crippen LogP contribution < -0.4 is 14.8 Å². The van der Waals surface area contributed by atoms with Gasteiger partial charge in [0.2, 0.25) is 0 Å². The summed E-state index contributed by atoms with van der Waals surface area (Å²) in [5.74, 6) is 1.27. The van der Waals surface area contributed by atoms with Gasteiger partial charge in [0, 0.05) is 22.7 Å². The van der Waals surface area contributed by atoms with Crippen molar-refractivity contribution in [1.29, 1.82) is 0 Å². The van der Waals surface area contributed by atoms with Crippen molar-refractivity contribution in [1.82, 2.24) is 0 Å². The molecule has 3 nitrogen and oxygen atoms in total. The summed E-state index contributed by atoms with van der Waals surface area (Å²) in [5.41, 5.74) is 3.91. The van der Waals surface area contributed by atoms with Crippen LogP contribution in [0.5, 0.6) is 11.5 Å². The third kappa shape index (κ3) is 5.72. The van der Waals surface area contributed by atoms with Crippen LogP contribution in [0.25, 0.3) is 0 Å². The third-order valence-corrected chi connectivity index (χ3v) is 5.37. The van der Waals surface area contributed by atoms with Gasteiger partial charge in [-0.2, -0.15) is 0 Å². The van der Waals surface area contributed by atoms with Gasteiger partial charge in [0.15, 0.2) is 11.5 Å². The smallest absolute Gasteiger partial charge is 0.163 e. The lowest BCUT2D eigenvalue weighted by Crippen LogP contribution is -2.04. The fourth-order valence-electron chi connectivity index (χ4n) is 2.84. The average Bonchev–Trinajstić information content (AvgIpc) is 2.70. The highest BCUT2D eigenvalue weighted by atomic mass is 35.5. The molecule has 0 aliphatic carbocycles. The number of rotatable bonds is 8. The van der Waals surface area contributed by atoms with E-state index in [1.165, 1.54) is 5.56 Å². The Labute approximate surface area is 186 Å². The van der Waals surface area contributed by atoms with Crippen molar-refractivity contribution in [2.24, 2.45) is 0 Å². The van der Waals surface area contributed by atoms with Crippen molar-refractivity contribution in [2.75, 3.05) is 11.9 Å². The molecule has 0 bridgehead atoms. The van der Waals surface area contributed by atoms with E-state index in [2.05, 4.69) is 18.3 Å². The predicted octanol–water partition coefficient (Wildman–Crippen LogP) is 7.55. The summed E-state index contributed by atoms with van der Waals surface area (Å²) in [4.78, 5) is 0. The fourth-order valence-corrected chi connectivity index (χ4v) is 3.42. The molecule has 0 fully saturated rings. The minimum absolute atomic E-state index is 0.443. The molecule has 0 atom stereocenters. The van der Waals surface area contributed by atoms with Crippen molar-refractivity contribution < 1.29 is 9.47 Å². The van der Waals surface area contributed by atoms with Crippen molar-refractivity contribution >= 4 is 40.5 Å². The Bertz CT molecular complexity index is 992. The molecule has 6 heteroatoms. The maximum Gasteiger partial charge on any atom is 0.163 e. The summed E-state index contributed by atoms with van der Waals surface area (Å²) in [7, 11) is 0. The summed E-state index contributed by atoms with van der Waals surface area (Å²) in [5, 5.41) is 5.05. The van der Waals surface area contributed by atoms with E-state index < -0.39 is 0 Å². The lowest BCUT2D eigenvalue weighted by Gasteiger charge is -2.16. The van der Waals surface area contributed by atoms with Gasteiger partial charge >= 0.3 is 0 Å². The van der Waals surface area contributed by atoms with Crippen molar-refractivity contribution in [3.05, 3.63) is 86.4 Å². The summed E-state index contributed by atoms with van der Waals surface area (Å²) in [6, 6.07) is 17.1. The van der Waals surface area contributed by atoms with E-state index in [1.807, 2.05) is 31.2 Å². The van der Waals surface area contributed by atoms with E-state index in [1.54, 1.807) is 24.3 Å². The van der Waals surface area contributed by atoms with Crippen LogP contribution in [-0.2, 0) is 13.2 Å². The van der Waals surface area contributed by atoms with Crippen LogP contribution in [0.4, 0.5) is 5.69 Å². The number of anilines is 1. The molecular weight excluding hydrogens is 429 g/mol. The second kappa shape index (κ2) is 10.1. The second-order valence-corrected chi connectivity index (χ2v) is 7.77. The van der Waals surface area contributed by atoms with E-state index >= 15 is 0 Å². The molecule has 0 amide bonds. The molecule has 0 aliphatic heterocycles. The van der Waals surface area contributed by atoms with Gasteiger partial charge in [-0.3, -0.25) is 0 Å². The zero-order valence-corrected chi connectivity index (χ0v) is 18.5. The number of hydrogen-bond acceptors (Lipinski definition) is 3. The van der Waals surface area contributed by atoms with Gasteiger partial charge in [-0.15, -0.1) is 0 Å². The van der Waals surface area contributed by atoms with Gasteiger partial charge in [0.25, 0.3) is 0 Å². The summed E-state index contributed by atoms with van der Waals surface area (Å²) in [6.45, 7) is 5.43. The van der Waals surface area contributed by atoms with Gasteiger partial charge < -0.3 is 14.8 Å². The van der Waals surface area contributed by atoms with Crippen LogP contribution in [0.15, 0.2) is 54.6 Å². The summed E-state index contributed by atoms with van der Waals surface area (Å²) in [6.07, 6.45) is 0. The maximum atomic E-state index is 6.52. The van der Waals surface area contributed by atoms with Crippen molar-refractivity contribution in [3.8, 4) is 11.5 Å². The molecule has 1 N–H and O–H groups in total. The molecule has 0 aliphatic rings. The minimum atomic E-state index is 0.443. The molecule has 3 aromatic carbocycles. The standard InChI is InChI=1S/C23H22Cl3NO2/c1-3-28-22-10-17(13-27-21-11-18(24)8-9-19(21)25)20(26)12-23(22)29-14-16-7-5-4-6-15(16)2/h4-12,27H,3,13-14H2,1-2H3. The number of hydrogen-bond donors (Lipinski definition) is 1. The van der Waals surface area contributed by atoms with Crippen molar-refractivity contribution in [2.45, 2.75) is 27.0 Å². The molecule has 0 radical (unpaired) electrons. The first-order valence-electron chi connectivity index (χ1n) is 9.29. The Morgan fingerprint density at radius 3 is 2.34 bits per heavy atom. The molecule has 0 heterocycles. The molecule has 0 saturated carbocycles. The van der Waals surface area contributed by atoms with Crippen LogP contribution in [0, 0.1) is 6.92 Å². The Hall–Kier alpha value is -2.07. The molecular formula is C23H22Cl3NO2. The van der Waals surface area contributed by atoms with Gasteiger partial charge in [-0.25, -0.2) is 0 Å². The number of ether oxygens (including phenoxy) is 2. The Morgan fingerprint density at radius 1 is 0.828 bits per heavy atom. The topological polar surface area (TPSA) is 30.5 Å². The molecule has 0 unspecified atom stereocenters. The SMILES string of the molecule is CCOc1cc(CNc2cc(Cl)ccc2Cl)c(Cl)cc1OCc1ccccc1C. The Morgan fingerprint density at radius 2 is 1.59 bits per heavy atom. The van der Waals surface area contributed by atoms with Crippen LogP contribution in [-0.4, -0.2) is 6.61 Å². The third-order valence-electron chi connectivity index (χ3n) is 4.45. The molecule has 0 aromatic heterocycles. The van der Waals surface area contributed by atoms with E-state index in [-0.39, 0.29) is 0 Å². The quantitative estimate of drug-likeness (QED) is 0.384. The van der Waals surface area contributed by atoms with E-state index in [4.69, 9.17) is 44.3 Å². The van der Waals surface area contributed by atoms with Gasteiger partial charge in [-0.05, 0) is 54.8 Å². The highest BCUT2D eigenvalue weighted by Gasteiger charge is 2.13. The predicted molar refractivity (Wildman–Crippen MR) is 122 cm³/mol. The van der Waals surface area contributed by atoms with Crippen LogP contribution >= 0.6 is 34.8 Å². The largest absolute Gasteiger partial charge is 0.490 e. The first-order chi connectivity index (χ1) is 14.0. The minimum Gasteiger partial charge on any atom is -0.490 e. The number of nitrogens with one attached hydrogen (secondary N) is 1. The van der Waals surface area contributed by atoms with E-state index in [0.717, 1.165) is 16.8 Å². The van der Waals surface area contributed by atoms with E-state index in [9.17, 15) is 0 Å². The number of aryl methyl sites for hydroxylation is 1. The highest BCUT2D eigenvalue weighted by Crippen LogP contribution is 2.35. The molecule has 3 rings (SSSR count). The molecule has 0 saturated heterocycles. The first kappa shape index (κ1) is 21.6. The van der Waals surface area contributed by atoms with Crippen molar-refractivity contribution in [3.63, 3.8) is 0 Å². The summed E-state index contributed by atoms with van der Waals surface area (Å²) >= 11 is 18.8. The zero-order valence-electron chi connectivity index (χ0n) is 16.3. The van der Waals surface area contributed by atoms with Crippen LogP contribution in [0.3, 0.4) is 0 Å². The van der Waals surface area contributed by atoms with Gasteiger partial charge in [-0.1, -0.05) is 59.1 Å². The molecule has 152 valence electrons. The Kier molecular flexibility index (Phi) is 7.54. The molecule has 29 heavy (non-hydrogen) atoms. The monoisotopic (exact) mass is 449 g/mol. The van der Waals surface area contributed by atoms with Crippen LogP contribution in [0.1, 0.15) is 23.6 Å². The molecule has 0 spiro atoms. The van der Waals surface area contributed by atoms with E-state index in [0.29, 0.717) is 46.3 Å². The van der Waals surface area contributed by atoms with Gasteiger partial charge in [0.1, 0.15) is 6.61 Å². The average molecular weight is 451 g/mol. The molecule has 3 aromatic rings. The number of halogens is 3. The fraction of sp³-hybridized carbons (Fsp3) is 0.217. The van der Waals surface area contributed by atoms with Crippen LogP contribution in [0.2, 0.25) is 15.1 Å². The highest BCUT2D eigenvalue weighted by molar-refractivity contribution is 6.35. The maximum absolute atomic E-state index is 6.52. The Balaban J connectivity index is 1.78. The van der Waals surface area contributed by atoms with Gasteiger partial charge in [0.05, 0.1) is 17.3 Å². The number of benzene rings is 3.